The van der Waals surface area contributed by atoms with Crippen molar-refractivity contribution >= 4 is 23.1 Å². The van der Waals surface area contributed by atoms with Gasteiger partial charge < -0.3 is 9.52 Å². The Morgan fingerprint density at radius 3 is 2.33 bits per heavy atom. The van der Waals surface area contributed by atoms with Crippen molar-refractivity contribution in [3.63, 3.8) is 0 Å². The maximum absolute atomic E-state index is 13.2. The molecule has 1 N–H and O–H groups in total. The van der Waals surface area contributed by atoms with Crippen LogP contribution in [0.5, 0.6) is 0 Å². The maximum Gasteiger partial charge on any atom is 0.300 e. The van der Waals surface area contributed by atoms with Gasteiger partial charge in [-0.25, -0.2) is 0 Å². The lowest BCUT2D eigenvalue weighted by molar-refractivity contribution is -0.132. The van der Waals surface area contributed by atoms with Gasteiger partial charge >= 0.3 is 0 Å². The first-order valence-corrected chi connectivity index (χ1v) is 9.80. The molecule has 1 saturated heterocycles. The number of aliphatic hydroxyl groups is 1. The van der Waals surface area contributed by atoms with Crippen LogP contribution in [-0.4, -0.2) is 16.8 Å². The minimum Gasteiger partial charge on any atom is -0.507 e. The number of amides is 1. The van der Waals surface area contributed by atoms with Crippen LogP contribution in [0.3, 0.4) is 0 Å². The van der Waals surface area contributed by atoms with Crippen LogP contribution in [0.15, 0.2) is 64.6 Å². The molecule has 5 heteroatoms. The zero-order valence-corrected chi connectivity index (χ0v) is 17.4. The molecular formula is C25H23NO4. The normalized spacial score (nSPS) is 18.3. The van der Waals surface area contributed by atoms with E-state index in [2.05, 4.69) is 0 Å². The Morgan fingerprint density at radius 1 is 0.933 bits per heavy atom. The van der Waals surface area contributed by atoms with E-state index in [1.54, 1.807) is 25.1 Å². The summed E-state index contributed by atoms with van der Waals surface area (Å²) in [7, 11) is 0. The second-order valence-corrected chi connectivity index (χ2v) is 7.72. The van der Waals surface area contributed by atoms with Crippen molar-refractivity contribution in [1.29, 1.82) is 0 Å². The lowest BCUT2D eigenvalue weighted by Crippen LogP contribution is -2.29. The Kier molecular flexibility index (Phi) is 4.82. The monoisotopic (exact) mass is 401 g/mol. The number of para-hydroxylation sites is 1. The fourth-order valence-electron chi connectivity index (χ4n) is 3.92. The molecule has 0 radical (unpaired) electrons. The average molecular weight is 401 g/mol. The summed E-state index contributed by atoms with van der Waals surface area (Å²) in [4.78, 5) is 27.7. The van der Waals surface area contributed by atoms with Gasteiger partial charge in [0.1, 0.15) is 23.3 Å². The van der Waals surface area contributed by atoms with Gasteiger partial charge in [-0.1, -0.05) is 35.9 Å². The van der Waals surface area contributed by atoms with Crippen LogP contribution in [0.1, 0.15) is 39.8 Å². The first-order chi connectivity index (χ1) is 14.3. The summed E-state index contributed by atoms with van der Waals surface area (Å²) < 4.78 is 5.83. The molecule has 5 nitrogen and oxygen atoms in total. The van der Waals surface area contributed by atoms with Crippen molar-refractivity contribution in [2.75, 3.05) is 4.90 Å². The highest BCUT2D eigenvalue weighted by atomic mass is 16.3. The topological polar surface area (TPSA) is 70.8 Å². The van der Waals surface area contributed by atoms with Crippen molar-refractivity contribution in [2.24, 2.45) is 0 Å². The van der Waals surface area contributed by atoms with E-state index in [4.69, 9.17) is 4.42 Å². The predicted molar refractivity (Wildman–Crippen MR) is 115 cm³/mol. The van der Waals surface area contributed by atoms with Gasteiger partial charge in [-0.2, -0.15) is 0 Å². The van der Waals surface area contributed by atoms with Crippen LogP contribution in [0, 0.1) is 27.7 Å². The molecule has 3 aromatic rings. The fourth-order valence-corrected chi connectivity index (χ4v) is 3.92. The van der Waals surface area contributed by atoms with Gasteiger partial charge in [-0.05, 0) is 63.1 Å². The number of aryl methyl sites for hydroxylation is 4. The van der Waals surface area contributed by atoms with Crippen LogP contribution in [0.4, 0.5) is 5.69 Å². The number of hydrogen-bond acceptors (Lipinski definition) is 4. The summed E-state index contributed by atoms with van der Waals surface area (Å²) in [5, 5.41) is 11.2. The predicted octanol–water partition coefficient (Wildman–Crippen LogP) is 5.14. The van der Waals surface area contributed by atoms with Crippen LogP contribution in [-0.2, 0) is 9.59 Å². The van der Waals surface area contributed by atoms with Gasteiger partial charge in [-0.15, -0.1) is 0 Å². The molecule has 1 fully saturated rings. The van der Waals surface area contributed by atoms with E-state index in [0.29, 0.717) is 22.8 Å². The van der Waals surface area contributed by atoms with Crippen molar-refractivity contribution < 1.29 is 19.1 Å². The van der Waals surface area contributed by atoms with E-state index in [9.17, 15) is 14.7 Å². The van der Waals surface area contributed by atoms with E-state index in [-0.39, 0.29) is 11.3 Å². The van der Waals surface area contributed by atoms with Crippen LogP contribution < -0.4 is 4.90 Å². The number of Topliss-reactive ketones (excluding diaryl/α,β-unsaturated/α-hetero) is 1. The smallest absolute Gasteiger partial charge is 0.300 e. The van der Waals surface area contributed by atoms with Gasteiger partial charge in [-0.3, -0.25) is 14.5 Å². The second-order valence-electron chi connectivity index (χ2n) is 7.72. The molecule has 2 aromatic carbocycles. The van der Waals surface area contributed by atoms with Crippen LogP contribution in [0.25, 0.3) is 5.76 Å². The lowest BCUT2D eigenvalue weighted by Gasteiger charge is -2.25. The standard InChI is InChI=1S/C25H23NO4/c1-14-9-10-15(2)18(13-14)23(27)21-22(20-12-11-17(4)30-20)26(25(29)24(21)28)19-8-6-5-7-16(19)3/h5-13,22,27H,1-4H3/b23-21+. The quantitative estimate of drug-likeness (QED) is 0.375. The van der Waals surface area contributed by atoms with E-state index in [0.717, 1.165) is 16.7 Å². The Bertz CT molecular complexity index is 1200. The first-order valence-electron chi connectivity index (χ1n) is 9.80. The molecule has 1 unspecified atom stereocenters. The average Bonchev–Trinajstić information content (AvgIpc) is 3.25. The number of benzene rings is 2. The number of hydrogen-bond donors (Lipinski definition) is 1. The third-order valence-corrected chi connectivity index (χ3v) is 5.50. The van der Waals surface area contributed by atoms with Crippen LogP contribution in [0.2, 0.25) is 0 Å². The fraction of sp³-hybridized carbons (Fsp3) is 0.200. The summed E-state index contributed by atoms with van der Waals surface area (Å²) in [5.74, 6) is -0.510. The molecule has 1 amide bonds. The number of furan rings is 1. The van der Waals surface area contributed by atoms with E-state index >= 15 is 0 Å². The molecule has 4 rings (SSSR count). The molecule has 1 aliphatic rings. The van der Waals surface area contributed by atoms with E-state index in [1.165, 1.54) is 4.90 Å². The lowest BCUT2D eigenvalue weighted by atomic mass is 9.96. The third kappa shape index (κ3) is 3.12. The van der Waals surface area contributed by atoms with Crippen LogP contribution >= 0.6 is 0 Å². The van der Waals surface area contributed by atoms with E-state index in [1.807, 2.05) is 57.2 Å². The summed E-state index contributed by atoms with van der Waals surface area (Å²) in [6.07, 6.45) is 0. The molecule has 0 aliphatic carbocycles. The molecule has 1 aromatic heterocycles. The molecule has 0 spiro atoms. The Labute approximate surface area is 175 Å². The molecule has 30 heavy (non-hydrogen) atoms. The zero-order chi connectivity index (χ0) is 21.6. The molecule has 152 valence electrons. The Hall–Kier alpha value is -3.60. The molecule has 0 bridgehead atoms. The minimum absolute atomic E-state index is 0.0336. The number of aliphatic hydroxyl groups excluding tert-OH is 1. The third-order valence-electron chi connectivity index (χ3n) is 5.50. The number of carbonyl (C=O) groups is 2. The van der Waals surface area contributed by atoms with Crippen molar-refractivity contribution in [2.45, 2.75) is 33.7 Å². The number of rotatable bonds is 3. The first kappa shape index (κ1) is 19.7. The van der Waals surface area contributed by atoms with Crippen molar-refractivity contribution in [3.05, 3.63) is 93.9 Å². The number of carbonyl (C=O) groups excluding carboxylic acids is 2. The molecule has 1 atom stereocenters. The van der Waals surface area contributed by atoms with Gasteiger partial charge in [0.15, 0.2) is 0 Å². The zero-order valence-electron chi connectivity index (χ0n) is 17.4. The Balaban J connectivity index is 2.00. The van der Waals surface area contributed by atoms with Crippen molar-refractivity contribution in [3.8, 4) is 0 Å². The number of nitrogens with zero attached hydrogens (tertiary/aromatic N) is 1. The summed E-state index contributed by atoms with van der Waals surface area (Å²) in [6, 6.07) is 15.7. The van der Waals surface area contributed by atoms with Crippen molar-refractivity contribution in [1.82, 2.24) is 0 Å². The largest absolute Gasteiger partial charge is 0.507 e. The maximum atomic E-state index is 13.2. The summed E-state index contributed by atoms with van der Waals surface area (Å²) >= 11 is 0. The number of anilines is 1. The highest BCUT2D eigenvalue weighted by molar-refractivity contribution is 6.51. The highest BCUT2D eigenvalue weighted by Gasteiger charge is 2.48. The second kappa shape index (κ2) is 7.34. The molecule has 0 saturated carbocycles. The Morgan fingerprint density at radius 2 is 1.67 bits per heavy atom. The minimum atomic E-state index is -0.847. The molecule has 1 aliphatic heterocycles. The molecular weight excluding hydrogens is 378 g/mol. The summed E-state index contributed by atoms with van der Waals surface area (Å²) in [6.45, 7) is 7.45. The molecule has 2 heterocycles. The van der Waals surface area contributed by atoms with Gasteiger partial charge in [0.25, 0.3) is 11.7 Å². The SMILES string of the molecule is Cc1ccc(C)c(/C(O)=C2\C(=O)C(=O)N(c3ccccc3C)C2c2ccc(C)o2)c1. The van der Waals surface area contributed by atoms with Gasteiger partial charge in [0.05, 0.1) is 5.57 Å². The number of ketones is 1. The van der Waals surface area contributed by atoms with Gasteiger partial charge in [0.2, 0.25) is 0 Å². The summed E-state index contributed by atoms with van der Waals surface area (Å²) in [5.41, 5.74) is 3.78. The van der Waals surface area contributed by atoms with E-state index < -0.39 is 17.7 Å². The van der Waals surface area contributed by atoms with Gasteiger partial charge in [0, 0.05) is 11.3 Å². The highest BCUT2D eigenvalue weighted by Crippen LogP contribution is 2.43.